The second-order valence-corrected chi connectivity index (χ2v) is 7.96. The van der Waals surface area contributed by atoms with Gasteiger partial charge in [-0.3, -0.25) is 4.99 Å². The minimum absolute atomic E-state index is 0.000787. The number of aliphatic imine (C=N–C) groups is 1. The predicted octanol–water partition coefficient (Wildman–Crippen LogP) is 0.425. The molecule has 0 aromatic heterocycles. The van der Waals surface area contributed by atoms with Gasteiger partial charge in [-0.1, -0.05) is 13.8 Å². The molecule has 1 fully saturated rings. The van der Waals surface area contributed by atoms with E-state index in [1.54, 1.807) is 0 Å². The predicted molar refractivity (Wildman–Crippen MR) is 89.3 cm³/mol. The lowest BCUT2D eigenvalue weighted by Gasteiger charge is -2.22. The number of sulfonamides is 1. The van der Waals surface area contributed by atoms with Crippen LogP contribution in [0.3, 0.4) is 0 Å². The molecule has 1 atom stereocenters. The van der Waals surface area contributed by atoms with Gasteiger partial charge >= 0.3 is 0 Å². The van der Waals surface area contributed by atoms with E-state index in [2.05, 4.69) is 28.9 Å². The number of guanidine groups is 1. The molecule has 0 aromatic rings. The van der Waals surface area contributed by atoms with Gasteiger partial charge in [0, 0.05) is 26.2 Å². The fourth-order valence-electron chi connectivity index (χ4n) is 2.07. The topological polar surface area (TPSA) is 106 Å². The van der Waals surface area contributed by atoms with Crippen LogP contribution in [-0.2, 0) is 14.8 Å². The van der Waals surface area contributed by atoms with Gasteiger partial charge in [0.25, 0.3) is 0 Å². The van der Waals surface area contributed by atoms with Crippen LogP contribution in [0.1, 0.15) is 39.5 Å². The molecular formula is C14H30N4O3S. The zero-order valence-corrected chi connectivity index (χ0v) is 14.5. The summed E-state index contributed by atoms with van der Waals surface area (Å²) in [4.78, 5) is 4.15. The lowest BCUT2D eigenvalue weighted by molar-refractivity contribution is 0.0200. The Morgan fingerprint density at radius 2 is 2.18 bits per heavy atom. The molecule has 0 radical (unpaired) electrons. The zero-order chi connectivity index (χ0) is 16.4. The number of nitrogens with one attached hydrogen (secondary N) is 2. The summed E-state index contributed by atoms with van der Waals surface area (Å²) in [5, 5.41) is 2.83. The Kier molecular flexibility index (Phi) is 8.74. The van der Waals surface area contributed by atoms with E-state index < -0.39 is 10.0 Å². The van der Waals surface area contributed by atoms with Crippen molar-refractivity contribution in [1.82, 2.24) is 10.0 Å². The molecule has 0 amide bonds. The van der Waals surface area contributed by atoms with Crippen LogP contribution in [0, 0.1) is 5.92 Å². The van der Waals surface area contributed by atoms with E-state index in [0.29, 0.717) is 25.0 Å². The molecule has 4 N–H and O–H groups in total. The maximum absolute atomic E-state index is 11.9. The summed E-state index contributed by atoms with van der Waals surface area (Å²) in [6.07, 6.45) is 4.03. The van der Waals surface area contributed by atoms with Crippen molar-refractivity contribution in [3.63, 3.8) is 0 Å². The summed E-state index contributed by atoms with van der Waals surface area (Å²) >= 11 is 0. The van der Waals surface area contributed by atoms with Crippen molar-refractivity contribution >= 4 is 16.0 Å². The van der Waals surface area contributed by atoms with Crippen molar-refractivity contribution in [2.75, 3.05) is 32.0 Å². The first-order chi connectivity index (χ1) is 10.4. The highest BCUT2D eigenvalue weighted by atomic mass is 32.2. The number of ether oxygens (including phenoxy) is 1. The van der Waals surface area contributed by atoms with Gasteiger partial charge in [-0.15, -0.1) is 0 Å². The summed E-state index contributed by atoms with van der Waals surface area (Å²) in [7, 11) is -3.31. The molecule has 130 valence electrons. The van der Waals surface area contributed by atoms with Crippen molar-refractivity contribution in [1.29, 1.82) is 0 Å². The van der Waals surface area contributed by atoms with Crippen LogP contribution in [0.25, 0.3) is 0 Å². The van der Waals surface area contributed by atoms with Crippen molar-refractivity contribution < 1.29 is 13.2 Å². The first-order valence-corrected chi connectivity index (χ1v) is 9.67. The SMILES string of the molecule is CC(C)CCN=C(N)NCCS(=O)(=O)NCC1CCCCO1. The Morgan fingerprint density at radius 1 is 1.41 bits per heavy atom. The quantitative estimate of drug-likeness (QED) is 0.419. The Bertz CT molecular complexity index is 431. The number of hydrogen-bond donors (Lipinski definition) is 3. The van der Waals surface area contributed by atoms with Crippen LogP contribution >= 0.6 is 0 Å². The minimum Gasteiger partial charge on any atom is -0.377 e. The number of nitrogens with zero attached hydrogens (tertiary/aromatic N) is 1. The third-order valence-corrected chi connectivity index (χ3v) is 4.82. The van der Waals surface area contributed by atoms with Gasteiger partial charge < -0.3 is 15.8 Å². The molecule has 1 unspecified atom stereocenters. The number of hydrogen-bond acceptors (Lipinski definition) is 4. The highest BCUT2D eigenvalue weighted by Crippen LogP contribution is 2.11. The molecule has 0 bridgehead atoms. The molecule has 1 aliphatic heterocycles. The van der Waals surface area contributed by atoms with Gasteiger partial charge in [-0.25, -0.2) is 13.1 Å². The van der Waals surface area contributed by atoms with E-state index in [9.17, 15) is 8.42 Å². The first-order valence-electron chi connectivity index (χ1n) is 8.02. The molecule has 1 rings (SSSR count). The molecule has 22 heavy (non-hydrogen) atoms. The first kappa shape index (κ1) is 19.2. The molecule has 8 heteroatoms. The third kappa shape index (κ3) is 9.22. The smallest absolute Gasteiger partial charge is 0.213 e. The normalized spacial score (nSPS) is 20.3. The van der Waals surface area contributed by atoms with E-state index >= 15 is 0 Å². The highest BCUT2D eigenvalue weighted by molar-refractivity contribution is 7.89. The van der Waals surface area contributed by atoms with Crippen molar-refractivity contribution in [3.05, 3.63) is 0 Å². The van der Waals surface area contributed by atoms with Gasteiger partial charge in [0.1, 0.15) is 0 Å². The summed E-state index contributed by atoms with van der Waals surface area (Å²) in [5.41, 5.74) is 5.68. The standard InChI is InChI=1S/C14H30N4O3S/c1-12(2)6-7-16-14(15)17-8-10-22(19,20)18-11-13-5-3-4-9-21-13/h12-13,18H,3-11H2,1-2H3,(H3,15,16,17). The van der Waals surface area contributed by atoms with Gasteiger partial charge in [0.15, 0.2) is 5.96 Å². The van der Waals surface area contributed by atoms with Gasteiger partial charge in [0.05, 0.1) is 11.9 Å². The van der Waals surface area contributed by atoms with Gasteiger partial charge in [-0.05, 0) is 31.6 Å². The second kappa shape index (κ2) is 10.0. The molecule has 0 saturated carbocycles. The molecule has 0 aromatic carbocycles. The van der Waals surface area contributed by atoms with Gasteiger partial charge in [-0.2, -0.15) is 0 Å². The fourth-order valence-corrected chi connectivity index (χ4v) is 3.03. The van der Waals surface area contributed by atoms with E-state index in [1.807, 2.05) is 0 Å². The van der Waals surface area contributed by atoms with E-state index in [-0.39, 0.29) is 18.4 Å². The monoisotopic (exact) mass is 334 g/mol. The Hall–Kier alpha value is -0.860. The number of rotatable bonds is 9. The Labute approximate surface area is 134 Å². The van der Waals surface area contributed by atoms with Crippen molar-refractivity contribution in [2.24, 2.45) is 16.6 Å². The lowest BCUT2D eigenvalue weighted by atomic mass is 10.1. The molecule has 0 spiro atoms. The van der Waals surface area contributed by atoms with Gasteiger partial charge in [0.2, 0.25) is 10.0 Å². The third-order valence-electron chi connectivity index (χ3n) is 3.47. The summed E-state index contributed by atoms with van der Waals surface area (Å²) in [6.45, 7) is 6.21. The van der Waals surface area contributed by atoms with E-state index in [1.165, 1.54) is 0 Å². The van der Waals surface area contributed by atoms with Crippen LogP contribution < -0.4 is 15.8 Å². The maximum Gasteiger partial charge on any atom is 0.213 e. The molecule has 1 saturated heterocycles. The maximum atomic E-state index is 11.9. The van der Waals surface area contributed by atoms with Crippen LogP contribution in [0.2, 0.25) is 0 Å². The molecule has 1 heterocycles. The van der Waals surface area contributed by atoms with Crippen molar-refractivity contribution in [3.8, 4) is 0 Å². The van der Waals surface area contributed by atoms with Crippen LogP contribution in [0.5, 0.6) is 0 Å². The largest absolute Gasteiger partial charge is 0.377 e. The fraction of sp³-hybridized carbons (Fsp3) is 0.929. The Morgan fingerprint density at radius 3 is 2.82 bits per heavy atom. The second-order valence-electron chi connectivity index (χ2n) is 6.03. The van der Waals surface area contributed by atoms with Crippen LogP contribution in [-0.4, -0.2) is 52.5 Å². The molecule has 7 nitrogen and oxygen atoms in total. The average molecular weight is 334 g/mol. The highest BCUT2D eigenvalue weighted by Gasteiger charge is 2.17. The van der Waals surface area contributed by atoms with Crippen molar-refractivity contribution in [2.45, 2.75) is 45.6 Å². The Balaban J connectivity index is 2.18. The summed E-state index contributed by atoms with van der Waals surface area (Å²) in [5.74, 6) is 0.842. The molecule has 1 aliphatic rings. The van der Waals surface area contributed by atoms with Crippen LogP contribution in [0.4, 0.5) is 0 Å². The number of nitrogens with two attached hydrogens (primary N) is 1. The lowest BCUT2D eigenvalue weighted by Crippen LogP contribution is -2.40. The minimum atomic E-state index is -3.31. The average Bonchev–Trinajstić information content (AvgIpc) is 2.46. The summed E-state index contributed by atoms with van der Waals surface area (Å²) < 4.78 is 31.8. The van der Waals surface area contributed by atoms with E-state index in [4.69, 9.17) is 10.5 Å². The summed E-state index contributed by atoms with van der Waals surface area (Å²) in [6, 6.07) is 0. The molecule has 0 aliphatic carbocycles. The molecular weight excluding hydrogens is 304 g/mol. The van der Waals surface area contributed by atoms with E-state index in [0.717, 1.165) is 32.3 Å². The zero-order valence-electron chi connectivity index (χ0n) is 13.7. The van der Waals surface area contributed by atoms with Crippen LogP contribution in [0.15, 0.2) is 4.99 Å².